The van der Waals surface area contributed by atoms with Gasteiger partial charge in [0.05, 0.1) is 10.7 Å². The number of hydrogen-bond donors (Lipinski definition) is 2. The quantitative estimate of drug-likeness (QED) is 0.654. The average Bonchev–Trinajstić information content (AvgIpc) is 2.74. The van der Waals surface area contributed by atoms with E-state index in [-0.39, 0.29) is 6.04 Å². The standard InChI is InChI=1S/C13H16ClN3S/c1-9-16-13(8-18-9)7-12(17-15)6-10-3-2-4-11(14)5-10/h2-5,8,12,17H,6-7,15H2,1H3. The van der Waals surface area contributed by atoms with E-state index in [1.165, 1.54) is 5.56 Å². The number of halogens is 1. The first kappa shape index (κ1) is 13.5. The molecule has 2 aromatic rings. The second kappa shape index (κ2) is 6.29. The lowest BCUT2D eigenvalue weighted by Gasteiger charge is -2.14. The molecule has 1 aromatic heterocycles. The van der Waals surface area contributed by atoms with Gasteiger partial charge in [-0.15, -0.1) is 11.3 Å². The lowest BCUT2D eigenvalue weighted by atomic mass is 10.0. The fraction of sp³-hybridized carbons (Fsp3) is 0.308. The van der Waals surface area contributed by atoms with Crippen LogP contribution in [0.2, 0.25) is 5.02 Å². The van der Waals surface area contributed by atoms with Crippen molar-refractivity contribution in [1.29, 1.82) is 0 Å². The Bertz CT molecular complexity index is 512. The minimum Gasteiger partial charge on any atom is -0.271 e. The van der Waals surface area contributed by atoms with E-state index in [2.05, 4.69) is 21.9 Å². The molecule has 1 heterocycles. The molecule has 0 spiro atoms. The molecule has 0 saturated carbocycles. The molecule has 1 atom stereocenters. The highest BCUT2D eigenvalue weighted by Gasteiger charge is 2.11. The number of hydrogen-bond acceptors (Lipinski definition) is 4. The van der Waals surface area contributed by atoms with Crippen LogP contribution in [0.1, 0.15) is 16.3 Å². The van der Waals surface area contributed by atoms with Crippen LogP contribution in [-0.4, -0.2) is 11.0 Å². The van der Waals surface area contributed by atoms with Crippen molar-refractivity contribution in [3.05, 3.63) is 50.9 Å². The Hall–Kier alpha value is -0.940. The smallest absolute Gasteiger partial charge is 0.0897 e. The topological polar surface area (TPSA) is 50.9 Å². The number of nitrogens with two attached hydrogens (primary N) is 1. The zero-order valence-electron chi connectivity index (χ0n) is 10.2. The highest BCUT2D eigenvalue weighted by atomic mass is 35.5. The van der Waals surface area contributed by atoms with Gasteiger partial charge in [-0.3, -0.25) is 11.3 Å². The van der Waals surface area contributed by atoms with Gasteiger partial charge in [0.25, 0.3) is 0 Å². The number of hydrazine groups is 1. The molecule has 0 aliphatic carbocycles. The molecule has 0 amide bonds. The van der Waals surface area contributed by atoms with Gasteiger partial charge in [0.1, 0.15) is 0 Å². The first-order valence-corrected chi connectivity index (χ1v) is 7.04. The minimum atomic E-state index is 0.171. The molecule has 18 heavy (non-hydrogen) atoms. The minimum absolute atomic E-state index is 0.171. The summed E-state index contributed by atoms with van der Waals surface area (Å²) in [6.45, 7) is 2.01. The van der Waals surface area contributed by atoms with E-state index in [0.29, 0.717) is 0 Å². The maximum atomic E-state index is 5.97. The summed E-state index contributed by atoms with van der Waals surface area (Å²) in [5.41, 5.74) is 5.11. The first-order chi connectivity index (χ1) is 8.67. The molecule has 0 bridgehead atoms. The summed E-state index contributed by atoms with van der Waals surface area (Å²) < 4.78 is 0. The largest absolute Gasteiger partial charge is 0.271 e. The number of nitrogens with one attached hydrogen (secondary N) is 1. The Kier molecular flexibility index (Phi) is 4.72. The van der Waals surface area contributed by atoms with Gasteiger partial charge in [-0.25, -0.2) is 4.98 Å². The molecule has 0 aliphatic rings. The van der Waals surface area contributed by atoms with Gasteiger partial charge in [0.15, 0.2) is 0 Å². The van der Waals surface area contributed by atoms with Gasteiger partial charge >= 0.3 is 0 Å². The van der Waals surface area contributed by atoms with Crippen molar-refractivity contribution >= 4 is 22.9 Å². The molecule has 5 heteroatoms. The number of aromatic nitrogens is 1. The molecular formula is C13H16ClN3S. The Labute approximate surface area is 116 Å². The number of thiazole rings is 1. The summed E-state index contributed by atoms with van der Waals surface area (Å²) in [5, 5.41) is 3.92. The maximum absolute atomic E-state index is 5.97. The molecule has 96 valence electrons. The second-order valence-electron chi connectivity index (χ2n) is 4.26. The second-order valence-corrected chi connectivity index (χ2v) is 5.76. The molecular weight excluding hydrogens is 266 g/mol. The van der Waals surface area contributed by atoms with Crippen LogP contribution >= 0.6 is 22.9 Å². The van der Waals surface area contributed by atoms with Gasteiger partial charge in [-0.05, 0) is 31.0 Å². The molecule has 1 aromatic carbocycles. The number of rotatable bonds is 5. The van der Waals surface area contributed by atoms with Crippen molar-refractivity contribution < 1.29 is 0 Å². The summed E-state index contributed by atoms with van der Waals surface area (Å²) >= 11 is 7.64. The third-order valence-corrected chi connectivity index (χ3v) is 3.79. The SMILES string of the molecule is Cc1nc(CC(Cc2cccc(Cl)c2)NN)cs1. The van der Waals surface area contributed by atoms with Gasteiger partial charge in [-0.1, -0.05) is 23.7 Å². The van der Waals surface area contributed by atoms with E-state index in [1.54, 1.807) is 11.3 Å². The third-order valence-electron chi connectivity index (χ3n) is 2.73. The summed E-state index contributed by atoms with van der Waals surface area (Å²) in [6, 6.07) is 8.03. The van der Waals surface area contributed by atoms with Crippen LogP contribution in [-0.2, 0) is 12.8 Å². The van der Waals surface area contributed by atoms with E-state index < -0.39 is 0 Å². The Morgan fingerprint density at radius 2 is 2.28 bits per heavy atom. The summed E-state index contributed by atoms with van der Waals surface area (Å²) in [7, 11) is 0. The van der Waals surface area contributed by atoms with Crippen LogP contribution < -0.4 is 11.3 Å². The lowest BCUT2D eigenvalue weighted by molar-refractivity contribution is 0.518. The molecule has 0 saturated heterocycles. The Morgan fingerprint density at radius 3 is 2.89 bits per heavy atom. The fourth-order valence-corrected chi connectivity index (χ4v) is 2.73. The first-order valence-electron chi connectivity index (χ1n) is 5.79. The zero-order valence-corrected chi connectivity index (χ0v) is 11.8. The molecule has 3 nitrogen and oxygen atoms in total. The van der Waals surface area contributed by atoms with E-state index >= 15 is 0 Å². The van der Waals surface area contributed by atoms with Crippen molar-refractivity contribution in [2.75, 3.05) is 0 Å². The highest BCUT2D eigenvalue weighted by Crippen LogP contribution is 2.15. The van der Waals surface area contributed by atoms with Crippen molar-refractivity contribution in [2.45, 2.75) is 25.8 Å². The highest BCUT2D eigenvalue weighted by molar-refractivity contribution is 7.09. The Balaban J connectivity index is 2.01. The van der Waals surface area contributed by atoms with Gasteiger partial charge < -0.3 is 0 Å². The van der Waals surface area contributed by atoms with Crippen LogP contribution in [0, 0.1) is 6.92 Å². The Morgan fingerprint density at radius 1 is 1.44 bits per heavy atom. The predicted molar refractivity (Wildman–Crippen MR) is 76.8 cm³/mol. The average molecular weight is 282 g/mol. The molecule has 1 unspecified atom stereocenters. The lowest BCUT2D eigenvalue weighted by Crippen LogP contribution is -2.38. The number of benzene rings is 1. The van der Waals surface area contributed by atoms with Gasteiger partial charge in [0, 0.05) is 22.9 Å². The third kappa shape index (κ3) is 3.78. The van der Waals surface area contributed by atoms with Crippen LogP contribution in [0.4, 0.5) is 0 Å². The predicted octanol–water partition coefficient (Wildman–Crippen LogP) is 2.72. The van der Waals surface area contributed by atoms with E-state index in [4.69, 9.17) is 17.4 Å². The van der Waals surface area contributed by atoms with Crippen molar-refractivity contribution in [3.8, 4) is 0 Å². The van der Waals surface area contributed by atoms with Crippen LogP contribution in [0.15, 0.2) is 29.6 Å². The van der Waals surface area contributed by atoms with E-state index in [9.17, 15) is 0 Å². The van der Waals surface area contributed by atoms with E-state index in [1.807, 2.05) is 25.1 Å². The summed E-state index contributed by atoms with van der Waals surface area (Å²) in [4.78, 5) is 4.45. The van der Waals surface area contributed by atoms with Crippen molar-refractivity contribution in [3.63, 3.8) is 0 Å². The maximum Gasteiger partial charge on any atom is 0.0897 e. The zero-order chi connectivity index (χ0) is 13.0. The van der Waals surface area contributed by atoms with Crippen molar-refractivity contribution in [1.82, 2.24) is 10.4 Å². The van der Waals surface area contributed by atoms with E-state index in [0.717, 1.165) is 28.6 Å². The van der Waals surface area contributed by atoms with Crippen molar-refractivity contribution in [2.24, 2.45) is 5.84 Å². The molecule has 0 aliphatic heterocycles. The molecule has 0 radical (unpaired) electrons. The number of nitrogens with zero attached hydrogens (tertiary/aromatic N) is 1. The van der Waals surface area contributed by atoms with Gasteiger partial charge in [0.2, 0.25) is 0 Å². The normalized spacial score (nSPS) is 12.6. The van der Waals surface area contributed by atoms with Crippen LogP contribution in [0.5, 0.6) is 0 Å². The van der Waals surface area contributed by atoms with Crippen LogP contribution in [0.25, 0.3) is 0 Å². The monoisotopic (exact) mass is 281 g/mol. The summed E-state index contributed by atoms with van der Waals surface area (Å²) in [6.07, 6.45) is 1.67. The summed E-state index contributed by atoms with van der Waals surface area (Å²) in [5.74, 6) is 5.61. The van der Waals surface area contributed by atoms with Crippen LogP contribution in [0.3, 0.4) is 0 Å². The van der Waals surface area contributed by atoms with Gasteiger partial charge in [-0.2, -0.15) is 0 Å². The molecule has 3 N–H and O–H groups in total. The molecule has 2 rings (SSSR count). The molecule has 0 fully saturated rings. The number of aryl methyl sites for hydroxylation is 1. The fourth-order valence-electron chi connectivity index (χ4n) is 1.89.